The number of pyridine rings is 1. The Balaban J connectivity index is 2.61. The maximum Gasteiger partial charge on any atom is 0.157 e. The van der Waals surface area contributed by atoms with E-state index in [0.29, 0.717) is 12.8 Å². The quantitative estimate of drug-likeness (QED) is 0.549. The third-order valence-corrected chi connectivity index (χ3v) is 1.43. The lowest BCUT2D eigenvalue weighted by Gasteiger charge is -1.90. The third-order valence-electron chi connectivity index (χ3n) is 1.43. The summed E-state index contributed by atoms with van der Waals surface area (Å²) in [5.41, 5.74) is 0.167. The van der Waals surface area contributed by atoms with Gasteiger partial charge < -0.3 is 5.11 Å². The zero-order valence-electron chi connectivity index (χ0n) is 7.13. The number of aliphatic hydroxyl groups excluding tert-OH is 1. The summed E-state index contributed by atoms with van der Waals surface area (Å²) >= 11 is 0. The highest BCUT2D eigenvalue weighted by atomic mass is 19.1. The van der Waals surface area contributed by atoms with Gasteiger partial charge in [-0.1, -0.05) is 5.92 Å². The summed E-state index contributed by atoms with van der Waals surface area (Å²) in [7, 11) is 0. The molecule has 0 atom stereocenters. The topological polar surface area (TPSA) is 33.1 Å². The van der Waals surface area contributed by atoms with Gasteiger partial charge in [-0.25, -0.2) is 9.37 Å². The van der Waals surface area contributed by atoms with Gasteiger partial charge in [-0.3, -0.25) is 0 Å². The molecule has 0 bridgehead atoms. The highest BCUT2D eigenvalue weighted by Crippen LogP contribution is 1.99. The van der Waals surface area contributed by atoms with Crippen LogP contribution >= 0.6 is 0 Å². The van der Waals surface area contributed by atoms with Crippen molar-refractivity contribution in [1.82, 2.24) is 4.98 Å². The number of aromatic nitrogens is 1. The summed E-state index contributed by atoms with van der Waals surface area (Å²) in [5, 5.41) is 8.46. The molecule has 2 nitrogen and oxygen atoms in total. The molecule has 0 saturated heterocycles. The van der Waals surface area contributed by atoms with E-state index in [0.717, 1.165) is 0 Å². The van der Waals surface area contributed by atoms with Gasteiger partial charge in [-0.15, -0.1) is 0 Å². The van der Waals surface area contributed by atoms with Crippen molar-refractivity contribution in [2.24, 2.45) is 0 Å². The summed E-state index contributed by atoms with van der Waals surface area (Å²) in [6.07, 6.45) is 2.67. The van der Waals surface area contributed by atoms with Crippen molar-refractivity contribution >= 4 is 0 Å². The predicted molar refractivity (Wildman–Crippen MR) is 47.4 cm³/mol. The minimum atomic E-state index is -0.404. The first-order chi connectivity index (χ1) is 6.34. The number of hydrogen-bond acceptors (Lipinski definition) is 2. The Labute approximate surface area is 76.4 Å². The molecular formula is C10H10FNO. The van der Waals surface area contributed by atoms with E-state index in [9.17, 15) is 4.39 Å². The van der Waals surface area contributed by atoms with Crippen LogP contribution in [0.2, 0.25) is 0 Å². The molecule has 0 amide bonds. The molecule has 0 aromatic carbocycles. The van der Waals surface area contributed by atoms with Crippen molar-refractivity contribution in [1.29, 1.82) is 0 Å². The molecule has 0 aliphatic heterocycles. The number of hydrogen-bond donors (Lipinski definition) is 1. The zero-order valence-corrected chi connectivity index (χ0v) is 7.13. The van der Waals surface area contributed by atoms with Crippen molar-refractivity contribution in [3.63, 3.8) is 0 Å². The number of unbranched alkanes of at least 4 members (excludes halogenated alkanes) is 1. The second-order valence-corrected chi connectivity index (χ2v) is 2.46. The van der Waals surface area contributed by atoms with E-state index >= 15 is 0 Å². The molecule has 0 unspecified atom stereocenters. The highest BCUT2D eigenvalue weighted by molar-refractivity contribution is 5.28. The lowest BCUT2D eigenvalue weighted by atomic mass is 10.3. The summed E-state index contributed by atoms with van der Waals surface area (Å²) in [4.78, 5) is 3.76. The summed E-state index contributed by atoms with van der Waals surface area (Å²) < 4.78 is 12.9. The second-order valence-electron chi connectivity index (χ2n) is 2.46. The van der Waals surface area contributed by atoms with Gasteiger partial charge in [0.25, 0.3) is 0 Å². The van der Waals surface area contributed by atoms with Crippen LogP contribution < -0.4 is 0 Å². The fraction of sp³-hybridized carbons (Fsp3) is 0.300. The summed E-state index contributed by atoms with van der Waals surface area (Å²) in [6, 6.07) is 2.84. The van der Waals surface area contributed by atoms with Crippen molar-refractivity contribution in [2.75, 3.05) is 6.61 Å². The van der Waals surface area contributed by atoms with E-state index in [4.69, 9.17) is 5.11 Å². The number of nitrogens with zero attached hydrogens (tertiary/aromatic N) is 1. The number of rotatable bonds is 2. The van der Waals surface area contributed by atoms with E-state index in [1.807, 2.05) is 0 Å². The molecule has 1 heterocycles. The Morgan fingerprint density at radius 2 is 2.38 bits per heavy atom. The van der Waals surface area contributed by atoms with Crippen molar-refractivity contribution < 1.29 is 9.50 Å². The Kier molecular flexibility index (Phi) is 3.94. The van der Waals surface area contributed by atoms with Gasteiger partial charge in [0.2, 0.25) is 0 Å². The second kappa shape index (κ2) is 5.28. The first-order valence-electron chi connectivity index (χ1n) is 4.05. The number of aliphatic hydroxyl groups is 1. The smallest absolute Gasteiger partial charge is 0.157 e. The van der Waals surface area contributed by atoms with E-state index in [1.165, 1.54) is 18.3 Å². The molecule has 1 rings (SSSR count). The highest BCUT2D eigenvalue weighted by Gasteiger charge is 1.95. The molecule has 1 aromatic rings. The molecule has 1 aromatic heterocycles. The van der Waals surface area contributed by atoms with Crippen LogP contribution in [0.3, 0.4) is 0 Å². The molecular weight excluding hydrogens is 169 g/mol. The van der Waals surface area contributed by atoms with Crippen LogP contribution in [0.15, 0.2) is 18.3 Å². The molecule has 68 valence electrons. The van der Waals surface area contributed by atoms with Gasteiger partial charge in [0.15, 0.2) is 5.82 Å². The standard InChI is InChI=1S/C10H10FNO/c11-9-5-4-7-12-10(9)6-2-1-3-8-13/h4-5,7,13H,1,3,8H2. The maximum absolute atomic E-state index is 12.9. The molecule has 1 N–H and O–H groups in total. The van der Waals surface area contributed by atoms with Crippen molar-refractivity contribution in [3.05, 3.63) is 29.8 Å². The van der Waals surface area contributed by atoms with Crippen LogP contribution in [0, 0.1) is 17.7 Å². The molecule has 0 aliphatic rings. The van der Waals surface area contributed by atoms with Crippen molar-refractivity contribution in [3.8, 4) is 11.8 Å². The lowest BCUT2D eigenvalue weighted by molar-refractivity contribution is 0.290. The van der Waals surface area contributed by atoms with Crippen molar-refractivity contribution in [2.45, 2.75) is 12.8 Å². The van der Waals surface area contributed by atoms with Crippen LogP contribution in [0.5, 0.6) is 0 Å². The predicted octanol–water partition coefficient (Wildman–Crippen LogP) is 1.34. The lowest BCUT2D eigenvalue weighted by Crippen LogP contribution is -1.87. The fourth-order valence-electron chi connectivity index (χ4n) is 0.791. The fourth-order valence-corrected chi connectivity index (χ4v) is 0.791. The van der Waals surface area contributed by atoms with E-state index in [1.54, 1.807) is 0 Å². The largest absolute Gasteiger partial charge is 0.396 e. The average Bonchev–Trinajstić information content (AvgIpc) is 2.15. The Hall–Kier alpha value is -1.40. The van der Waals surface area contributed by atoms with Crippen LogP contribution in [0.4, 0.5) is 4.39 Å². The van der Waals surface area contributed by atoms with E-state index in [-0.39, 0.29) is 12.3 Å². The van der Waals surface area contributed by atoms with Crippen LogP contribution in [-0.4, -0.2) is 16.7 Å². The molecule has 13 heavy (non-hydrogen) atoms. The average molecular weight is 179 g/mol. The summed E-state index contributed by atoms with van der Waals surface area (Å²) in [6.45, 7) is 0.110. The first-order valence-corrected chi connectivity index (χ1v) is 4.05. The van der Waals surface area contributed by atoms with E-state index < -0.39 is 5.82 Å². The van der Waals surface area contributed by atoms with Crippen LogP contribution in [-0.2, 0) is 0 Å². The molecule has 0 fully saturated rings. The van der Waals surface area contributed by atoms with Gasteiger partial charge in [0.05, 0.1) is 0 Å². The first kappa shape index (κ1) is 9.69. The Morgan fingerprint density at radius 1 is 1.54 bits per heavy atom. The summed E-state index contributed by atoms with van der Waals surface area (Å²) in [5.74, 6) is 4.93. The maximum atomic E-state index is 12.9. The zero-order chi connectivity index (χ0) is 9.52. The minimum absolute atomic E-state index is 0.110. The SMILES string of the molecule is OCCCC#Cc1ncccc1F. The Morgan fingerprint density at radius 3 is 3.08 bits per heavy atom. The van der Waals surface area contributed by atoms with Gasteiger partial charge >= 0.3 is 0 Å². The molecule has 0 saturated carbocycles. The van der Waals surface area contributed by atoms with Crippen LogP contribution in [0.25, 0.3) is 0 Å². The van der Waals surface area contributed by atoms with Gasteiger partial charge in [0.1, 0.15) is 5.69 Å². The number of halogens is 1. The molecule has 0 spiro atoms. The minimum Gasteiger partial charge on any atom is -0.396 e. The third kappa shape index (κ3) is 3.22. The van der Waals surface area contributed by atoms with E-state index in [2.05, 4.69) is 16.8 Å². The molecule has 0 radical (unpaired) electrons. The van der Waals surface area contributed by atoms with Crippen LogP contribution in [0.1, 0.15) is 18.5 Å². The molecule has 3 heteroatoms. The Bertz CT molecular complexity index is 327. The van der Waals surface area contributed by atoms with Gasteiger partial charge in [-0.2, -0.15) is 0 Å². The van der Waals surface area contributed by atoms with Gasteiger partial charge in [0, 0.05) is 19.2 Å². The molecule has 0 aliphatic carbocycles. The monoisotopic (exact) mass is 179 g/mol. The normalized spacial score (nSPS) is 9.08. The van der Waals surface area contributed by atoms with Gasteiger partial charge in [-0.05, 0) is 24.5 Å².